The van der Waals surface area contributed by atoms with Gasteiger partial charge in [0.15, 0.2) is 0 Å². The summed E-state index contributed by atoms with van der Waals surface area (Å²) in [6, 6.07) is 12.9. The molecule has 2 aromatic rings. The summed E-state index contributed by atoms with van der Waals surface area (Å²) in [7, 11) is 6.96. The Balaban J connectivity index is 0.000000207. The lowest BCUT2D eigenvalue weighted by atomic mass is 9.72. The van der Waals surface area contributed by atoms with E-state index in [1.165, 1.54) is 21.9 Å². The fourth-order valence-electron chi connectivity index (χ4n) is 4.90. The lowest BCUT2D eigenvalue weighted by Gasteiger charge is -2.36. The first-order valence-corrected chi connectivity index (χ1v) is 11.1. The molecule has 0 bridgehead atoms. The van der Waals surface area contributed by atoms with Crippen LogP contribution in [0.2, 0.25) is 0 Å². The van der Waals surface area contributed by atoms with E-state index in [1.54, 1.807) is 28.4 Å². The summed E-state index contributed by atoms with van der Waals surface area (Å²) < 4.78 is 21.4. The lowest BCUT2D eigenvalue weighted by Crippen LogP contribution is -2.38. The highest BCUT2D eigenvalue weighted by atomic mass is 16.5. The van der Waals surface area contributed by atoms with Gasteiger partial charge < -0.3 is 18.9 Å². The average molecular weight is 437 g/mol. The number of methoxy groups -OCH3 is 4. The summed E-state index contributed by atoms with van der Waals surface area (Å²) in [6.45, 7) is 2.72. The molecule has 4 nitrogen and oxygen atoms in total. The maximum Gasteiger partial charge on any atom is 0.0610 e. The molecule has 0 N–H and O–H groups in total. The van der Waals surface area contributed by atoms with Crippen LogP contribution in [-0.4, -0.2) is 54.9 Å². The van der Waals surface area contributed by atoms with Crippen molar-refractivity contribution in [3.05, 3.63) is 77.9 Å². The van der Waals surface area contributed by atoms with Gasteiger partial charge in [-0.3, -0.25) is 0 Å². The molecule has 4 heteroatoms. The van der Waals surface area contributed by atoms with E-state index in [9.17, 15) is 0 Å². The fourth-order valence-corrected chi connectivity index (χ4v) is 4.90. The third kappa shape index (κ3) is 5.38. The van der Waals surface area contributed by atoms with Crippen LogP contribution in [0.1, 0.15) is 24.0 Å². The van der Waals surface area contributed by atoms with E-state index >= 15 is 0 Å². The number of rotatable bonds is 8. The molecule has 0 aromatic heterocycles. The monoisotopic (exact) mass is 436 g/mol. The van der Waals surface area contributed by atoms with E-state index in [4.69, 9.17) is 18.9 Å². The minimum atomic E-state index is -0.0888. The molecule has 0 radical (unpaired) electrons. The Morgan fingerprint density at radius 3 is 1.97 bits per heavy atom. The van der Waals surface area contributed by atoms with Crippen LogP contribution in [-0.2, 0) is 24.4 Å². The molecule has 2 aliphatic carbocycles. The number of hydrogen-bond donors (Lipinski definition) is 0. The van der Waals surface area contributed by atoms with Gasteiger partial charge in [0.05, 0.1) is 31.8 Å². The van der Waals surface area contributed by atoms with Crippen molar-refractivity contribution in [3.63, 3.8) is 0 Å². The van der Waals surface area contributed by atoms with Crippen molar-refractivity contribution in [2.75, 3.05) is 54.9 Å². The molecule has 0 saturated heterocycles. The Kier molecular flexibility index (Phi) is 8.83. The number of allylic oxidation sites excluding steroid dienone is 3. The van der Waals surface area contributed by atoms with Gasteiger partial charge in [0.25, 0.3) is 0 Å². The maximum absolute atomic E-state index is 5.53. The van der Waals surface area contributed by atoms with Crippen molar-refractivity contribution < 1.29 is 18.9 Å². The zero-order chi connectivity index (χ0) is 22.9. The maximum atomic E-state index is 5.53. The largest absolute Gasteiger partial charge is 0.384 e. The molecule has 2 aromatic carbocycles. The highest BCUT2D eigenvalue weighted by Gasteiger charge is 2.36. The van der Waals surface area contributed by atoms with E-state index in [1.807, 2.05) is 0 Å². The number of hydrogen-bond acceptors (Lipinski definition) is 4. The minimum Gasteiger partial charge on any atom is -0.384 e. The molecule has 4 rings (SSSR count). The summed E-state index contributed by atoms with van der Waals surface area (Å²) in [6.07, 6.45) is 15.1. The van der Waals surface area contributed by atoms with Crippen LogP contribution < -0.4 is 0 Å². The van der Waals surface area contributed by atoms with E-state index in [0.29, 0.717) is 26.4 Å². The normalized spacial score (nSPS) is 17.6. The predicted molar refractivity (Wildman–Crippen MR) is 132 cm³/mol. The molecule has 32 heavy (non-hydrogen) atoms. The Labute approximate surface area is 192 Å². The zero-order valence-corrected chi connectivity index (χ0v) is 19.8. The molecule has 0 spiro atoms. The average Bonchev–Trinajstić information content (AvgIpc) is 2.81. The van der Waals surface area contributed by atoms with Gasteiger partial charge in [0, 0.05) is 33.9 Å². The van der Waals surface area contributed by atoms with Crippen molar-refractivity contribution >= 4 is 16.8 Å². The first kappa shape index (κ1) is 24.4. The Bertz CT molecular complexity index is 931. The third-order valence-corrected chi connectivity index (χ3v) is 6.14. The van der Waals surface area contributed by atoms with Gasteiger partial charge >= 0.3 is 0 Å². The van der Waals surface area contributed by atoms with Crippen LogP contribution in [0.3, 0.4) is 0 Å². The van der Waals surface area contributed by atoms with Gasteiger partial charge in [-0.1, -0.05) is 72.9 Å². The number of benzene rings is 2. The smallest absolute Gasteiger partial charge is 0.0610 e. The van der Waals surface area contributed by atoms with Gasteiger partial charge in [-0.2, -0.15) is 0 Å². The Morgan fingerprint density at radius 2 is 1.34 bits per heavy atom. The van der Waals surface area contributed by atoms with Crippen LogP contribution in [0.15, 0.2) is 66.8 Å². The highest BCUT2D eigenvalue weighted by Crippen LogP contribution is 2.40. The molecule has 0 heterocycles. The first-order valence-electron chi connectivity index (χ1n) is 11.1. The minimum absolute atomic E-state index is 0.0260. The molecule has 0 atom stereocenters. The molecule has 0 unspecified atom stereocenters. The van der Waals surface area contributed by atoms with Gasteiger partial charge in [-0.15, -0.1) is 0 Å². The fraction of sp³-hybridized carbons (Fsp3) is 0.429. The topological polar surface area (TPSA) is 36.9 Å². The molecule has 0 saturated carbocycles. The summed E-state index contributed by atoms with van der Waals surface area (Å²) >= 11 is 0. The lowest BCUT2D eigenvalue weighted by molar-refractivity contribution is 0.0606. The van der Waals surface area contributed by atoms with Crippen LogP contribution >= 0.6 is 0 Å². The Morgan fingerprint density at radius 1 is 0.719 bits per heavy atom. The summed E-state index contributed by atoms with van der Waals surface area (Å²) in [5.74, 6) is 0. The van der Waals surface area contributed by atoms with Crippen molar-refractivity contribution in [3.8, 4) is 0 Å². The van der Waals surface area contributed by atoms with Crippen molar-refractivity contribution in [1.29, 1.82) is 0 Å². The van der Waals surface area contributed by atoms with E-state index in [-0.39, 0.29) is 10.8 Å². The molecular weight excluding hydrogens is 400 g/mol. The third-order valence-electron chi connectivity index (χ3n) is 6.14. The second kappa shape index (κ2) is 11.6. The van der Waals surface area contributed by atoms with E-state index in [2.05, 4.69) is 72.9 Å². The van der Waals surface area contributed by atoms with Crippen LogP contribution in [0.25, 0.3) is 16.8 Å². The van der Waals surface area contributed by atoms with Crippen molar-refractivity contribution in [2.24, 2.45) is 5.41 Å². The SMILES string of the molecule is COCC1(COC)C=CCC=C1.COCC1(COC)CC=Cc2ccc3ccccc3c21. The summed E-state index contributed by atoms with van der Waals surface area (Å²) in [5, 5.41) is 2.58. The Hall–Kier alpha value is -2.24. The number of ether oxygens (including phenoxy) is 4. The van der Waals surface area contributed by atoms with Crippen molar-refractivity contribution in [2.45, 2.75) is 18.3 Å². The predicted octanol–water partition coefficient (Wildman–Crippen LogP) is 5.57. The van der Waals surface area contributed by atoms with Gasteiger partial charge in [-0.05, 0) is 34.7 Å². The van der Waals surface area contributed by atoms with E-state index < -0.39 is 0 Å². The quantitative estimate of drug-likeness (QED) is 0.507. The van der Waals surface area contributed by atoms with Crippen LogP contribution in [0, 0.1) is 5.41 Å². The molecular formula is C28H36O4. The first-order chi connectivity index (χ1) is 15.6. The number of fused-ring (bicyclic) bond motifs is 3. The molecule has 172 valence electrons. The van der Waals surface area contributed by atoms with Crippen LogP contribution in [0.5, 0.6) is 0 Å². The van der Waals surface area contributed by atoms with Crippen molar-refractivity contribution in [1.82, 2.24) is 0 Å². The van der Waals surface area contributed by atoms with Gasteiger partial charge in [0.2, 0.25) is 0 Å². The van der Waals surface area contributed by atoms with Gasteiger partial charge in [-0.25, -0.2) is 0 Å². The second-order valence-corrected chi connectivity index (χ2v) is 8.64. The highest BCUT2D eigenvalue weighted by molar-refractivity contribution is 5.90. The second-order valence-electron chi connectivity index (χ2n) is 8.64. The summed E-state index contributed by atoms with van der Waals surface area (Å²) in [5.41, 5.74) is 2.53. The zero-order valence-electron chi connectivity index (χ0n) is 19.8. The summed E-state index contributed by atoms with van der Waals surface area (Å²) in [4.78, 5) is 0. The van der Waals surface area contributed by atoms with E-state index in [0.717, 1.165) is 12.8 Å². The van der Waals surface area contributed by atoms with Crippen LogP contribution in [0.4, 0.5) is 0 Å². The molecule has 2 aliphatic rings. The van der Waals surface area contributed by atoms with Gasteiger partial charge in [0.1, 0.15) is 0 Å². The standard InChI is InChI=1S/C18H20O2.C10H16O2/c1-19-12-18(13-20-2)11-5-7-15-10-9-14-6-3-4-8-16(14)17(15)18;1-11-8-10(9-12-2)6-4-3-5-7-10/h3-10H,11-13H2,1-2H3;4-7H,3,8-9H2,1-2H3. The molecule has 0 amide bonds. The molecule has 0 aliphatic heterocycles. The molecule has 0 fully saturated rings.